The molecule has 0 aliphatic heterocycles. The topological polar surface area (TPSA) is 55.4 Å². The molecule has 25 heavy (non-hydrogen) atoms. The van der Waals surface area contributed by atoms with Gasteiger partial charge in [-0.2, -0.15) is 0 Å². The van der Waals surface area contributed by atoms with E-state index in [0.717, 1.165) is 16.8 Å². The molecule has 126 valence electrons. The summed E-state index contributed by atoms with van der Waals surface area (Å²) in [6, 6.07) is 17.1. The lowest BCUT2D eigenvalue weighted by atomic mass is 10.1. The van der Waals surface area contributed by atoms with E-state index < -0.39 is 24.3 Å². The van der Waals surface area contributed by atoms with Gasteiger partial charge >= 0.3 is 5.97 Å². The molecule has 0 bridgehead atoms. The fourth-order valence-corrected chi connectivity index (χ4v) is 2.72. The number of amides is 1. The molecule has 1 amide bonds. The Hall–Kier alpha value is -2.73. The van der Waals surface area contributed by atoms with E-state index in [1.165, 1.54) is 12.1 Å². The minimum atomic E-state index is -0.891. The van der Waals surface area contributed by atoms with Crippen LogP contribution in [0.4, 0.5) is 10.1 Å². The van der Waals surface area contributed by atoms with Crippen LogP contribution in [0.25, 0.3) is 10.8 Å². The molecular formula is C19H13BrFNO3. The number of fused-ring (bicyclic) bond motifs is 1. The van der Waals surface area contributed by atoms with Crippen molar-refractivity contribution in [3.63, 3.8) is 0 Å². The fourth-order valence-electron chi connectivity index (χ4n) is 2.38. The van der Waals surface area contributed by atoms with Gasteiger partial charge in [-0.05, 0) is 29.7 Å². The molecule has 6 heteroatoms. The van der Waals surface area contributed by atoms with Gasteiger partial charge in [-0.1, -0.05) is 52.3 Å². The second kappa shape index (κ2) is 7.44. The maximum Gasteiger partial charge on any atom is 0.341 e. The third-order valence-electron chi connectivity index (χ3n) is 3.55. The predicted octanol–water partition coefficient (Wildman–Crippen LogP) is 4.54. The first kappa shape index (κ1) is 17.1. The number of esters is 1. The molecule has 4 nitrogen and oxygen atoms in total. The van der Waals surface area contributed by atoms with E-state index in [1.54, 1.807) is 6.07 Å². The molecule has 0 spiro atoms. The molecule has 0 saturated carbocycles. The van der Waals surface area contributed by atoms with Crippen LogP contribution in [0.1, 0.15) is 10.4 Å². The van der Waals surface area contributed by atoms with Gasteiger partial charge in [0.2, 0.25) is 0 Å². The van der Waals surface area contributed by atoms with E-state index in [0.29, 0.717) is 10.2 Å². The maximum atomic E-state index is 13.7. The third-order valence-corrected chi connectivity index (χ3v) is 4.04. The van der Waals surface area contributed by atoms with Crippen molar-refractivity contribution in [2.45, 2.75) is 0 Å². The molecule has 0 aliphatic rings. The predicted molar refractivity (Wildman–Crippen MR) is 97.0 cm³/mol. The van der Waals surface area contributed by atoms with E-state index in [4.69, 9.17) is 4.74 Å². The zero-order chi connectivity index (χ0) is 17.8. The first-order valence-corrected chi connectivity index (χ1v) is 8.23. The fraction of sp³-hybridized carbons (Fsp3) is 0.0526. The van der Waals surface area contributed by atoms with Gasteiger partial charge in [-0.25, -0.2) is 9.18 Å². The lowest BCUT2D eigenvalue weighted by Crippen LogP contribution is -2.21. The number of rotatable bonds is 4. The highest BCUT2D eigenvalue weighted by Gasteiger charge is 2.15. The summed E-state index contributed by atoms with van der Waals surface area (Å²) < 4.78 is 19.1. The first-order chi connectivity index (χ1) is 12.0. The second-order valence-corrected chi connectivity index (χ2v) is 6.19. The standard InChI is InChI=1S/C19H13BrFNO3/c20-13-8-9-15(16(21)10-13)19(24)25-11-18(23)22-17-7-3-5-12-4-1-2-6-14(12)17/h1-10H,11H2,(H,22,23). The van der Waals surface area contributed by atoms with Crippen LogP contribution in [0.15, 0.2) is 65.1 Å². The molecule has 0 radical (unpaired) electrons. The Morgan fingerprint density at radius 1 is 1.04 bits per heavy atom. The summed E-state index contributed by atoms with van der Waals surface area (Å²) in [4.78, 5) is 23.9. The average molecular weight is 402 g/mol. The van der Waals surface area contributed by atoms with Gasteiger partial charge in [0.15, 0.2) is 6.61 Å². The highest BCUT2D eigenvalue weighted by atomic mass is 79.9. The quantitative estimate of drug-likeness (QED) is 0.653. The Morgan fingerprint density at radius 3 is 2.60 bits per heavy atom. The Labute approximate surface area is 151 Å². The minimum absolute atomic E-state index is 0.221. The Morgan fingerprint density at radius 2 is 1.80 bits per heavy atom. The van der Waals surface area contributed by atoms with Crippen molar-refractivity contribution in [2.24, 2.45) is 0 Å². The molecule has 0 saturated heterocycles. The van der Waals surface area contributed by atoms with Crippen LogP contribution < -0.4 is 5.32 Å². The van der Waals surface area contributed by atoms with Crippen molar-refractivity contribution >= 4 is 44.3 Å². The number of carbonyl (C=O) groups excluding carboxylic acids is 2. The number of benzene rings is 3. The monoisotopic (exact) mass is 401 g/mol. The Balaban J connectivity index is 1.65. The normalized spacial score (nSPS) is 10.5. The third kappa shape index (κ3) is 4.03. The highest BCUT2D eigenvalue weighted by Crippen LogP contribution is 2.23. The summed E-state index contributed by atoms with van der Waals surface area (Å²) in [5.41, 5.74) is 0.398. The van der Waals surface area contributed by atoms with Gasteiger partial charge in [0.1, 0.15) is 5.82 Å². The lowest BCUT2D eigenvalue weighted by molar-refractivity contribution is -0.119. The molecule has 3 rings (SSSR count). The van der Waals surface area contributed by atoms with Gasteiger partial charge in [-0.3, -0.25) is 4.79 Å². The number of halogens is 2. The van der Waals surface area contributed by atoms with Gasteiger partial charge in [0.05, 0.1) is 5.56 Å². The van der Waals surface area contributed by atoms with Crippen LogP contribution in [0.5, 0.6) is 0 Å². The van der Waals surface area contributed by atoms with Gasteiger partial charge in [0, 0.05) is 15.5 Å². The van der Waals surface area contributed by atoms with Crippen LogP contribution in [0.3, 0.4) is 0 Å². The summed E-state index contributed by atoms with van der Waals surface area (Å²) in [6.07, 6.45) is 0. The molecule has 0 aliphatic carbocycles. The van der Waals surface area contributed by atoms with E-state index in [9.17, 15) is 14.0 Å². The second-order valence-electron chi connectivity index (χ2n) is 5.28. The number of anilines is 1. The maximum absolute atomic E-state index is 13.7. The summed E-state index contributed by atoms with van der Waals surface area (Å²) in [7, 11) is 0. The van der Waals surface area contributed by atoms with Crippen LogP contribution in [0, 0.1) is 5.82 Å². The number of hydrogen-bond acceptors (Lipinski definition) is 3. The smallest absolute Gasteiger partial charge is 0.341 e. The number of hydrogen-bond donors (Lipinski definition) is 1. The Bertz CT molecular complexity index is 953. The molecule has 0 heterocycles. The zero-order valence-corrected chi connectivity index (χ0v) is 14.5. The van der Waals surface area contributed by atoms with Crippen molar-refractivity contribution in [1.82, 2.24) is 0 Å². The molecule has 1 N–H and O–H groups in total. The van der Waals surface area contributed by atoms with Crippen LogP contribution in [0.2, 0.25) is 0 Å². The van der Waals surface area contributed by atoms with E-state index in [1.807, 2.05) is 36.4 Å². The van der Waals surface area contributed by atoms with Crippen molar-refractivity contribution in [1.29, 1.82) is 0 Å². The zero-order valence-electron chi connectivity index (χ0n) is 13.0. The van der Waals surface area contributed by atoms with Gasteiger partial charge in [-0.15, -0.1) is 0 Å². The molecule has 3 aromatic rings. The van der Waals surface area contributed by atoms with Gasteiger partial charge < -0.3 is 10.1 Å². The van der Waals surface area contributed by atoms with E-state index >= 15 is 0 Å². The summed E-state index contributed by atoms with van der Waals surface area (Å²) in [5.74, 6) is -2.10. The molecule has 3 aromatic carbocycles. The average Bonchev–Trinajstić information content (AvgIpc) is 2.60. The minimum Gasteiger partial charge on any atom is -0.452 e. The van der Waals surface area contributed by atoms with E-state index in [-0.39, 0.29) is 5.56 Å². The molecular weight excluding hydrogens is 389 g/mol. The summed E-state index contributed by atoms with van der Waals surface area (Å²) >= 11 is 3.11. The molecule has 0 aromatic heterocycles. The summed E-state index contributed by atoms with van der Waals surface area (Å²) in [6.45, 7) is -0.502. The highest BCUT2D eigenvalue weighted by molar-refractivity contribution is 9.10. The van der Waals surface area contributed by atoms with Crippen molar-refractivity contribution in [3.05, 3.63) is 76.5 Å². The molecule has 0 unspecified atom stereocenters. The first-order valence-electron chi connectivity index (χ1n) is 7.44. The largest absolute Gasteiger partial charge is 0.452 e. The van der Waals surface area contributed by atoms with Crippen molar-refractivity contribution in [2.75, 3.05) is 11.9 Å². The SMILES string of the molecule is O=C(COC(=O)c1ccc(Br)cc1F)Nc1cccc2ccccc12. The number of ether oxygens (including phenoxy) is 1. The number of carbonyl (C=O) groups is 2. The lowest BCUT2D eigenvalue weighted by Gasteiger charge is -2.09. The Kier molecular flexibility index (Phi) is 5.09. The molecule has 0 atom stereocenters. The van der Waals surface area contributed by atoms with Gasteiger partial charge in [0.25, 0.3) is 5.91 Å². The summed E-state index contributed by atoms with van der Waals surface area (Å²) in [5, 5.41) is 4.56. The van der Waals surface area contributed by atoms with Crippen molar-refractivity contribution in [3.8, 4) is 0 Å². The van der Waals surface area contributed by atoms with Crippen LogP contribution in [-0.2, 0) is 9.53 Å². The van der Waals surface area contributed by atoms with Crippen LogP contribution >= 0.6 is 15.9 Å². The van der Waals surface area contributed by atoms with Crippen molar-refractivity contribution < 1.29 is 18.7 Å². The van der Waals surface area contributed by atoms with Crippen LogP contribution in [-0.4, -0.2) is 18.5 Å². The number of nitrogens with one attached hydrogen (secondary N) is 1. The van der Waals surface area contributed by atoms with E-state index in [2.05, 4.69) is 21.2 Å². The molecule has 0 fully saturated rings.